The highest BCUT2D eigenvalue weighted by molar-refractivity contribution is 6.34. The number of aryl methyl sites for hydroxylation is 1. The van der Waals surface area contributed by atoms with E-state index in [1.54, 1.807) is 20.2 Å². The van der Waals surface area contributed by atoms with Gasteiger partial charge in [0.1, 0.15) is 11.4 Å². The fourth-order valence-corrected chi connectivity index (χ4v) is 4.14. The summed E-state index contributed by atoms with van der Waals surface area (Å²) in [6.07, 6.45) is 4.25. The molecule has 0 saturated carbocycles. The first-order valence-electron chi connectivity index (χ1n) is 9.29. The van der Waals surface area contributed by atoms with Gasteiger partial charge in [0.05, 0.1) is 37.2 Å². The molecule has 6 nitrogen and oxygen atoms in total. The van der Waals surface area contributed by atoms with Crippen LogP contribution in [0.3, 0.4) is 0 Å². The zero-order chi connectivity index (χ0) is 19.7. The number of rotatable bonds is 5. The number of halogens is 1. The number of hydrogen-bond acceptors (Lipinski definition) is 5. The summed E-state index contributed by atoms with van der Waals surface area (Å²) in [6.45, 7) is 2.44. The number of fused-ring (bicyclic) bond motifs is 3. The average molecular weight is 401 g/mol. The predicted molar refractivity (Wildman–Crippen MR) is 105 cm³/mol. The van der Waals surface area contributed by atoms with Crippen LogP contribution in [0.4, 0.5) is 0 Å². The molecule has 0 fully saturated rings. The Balaban J connectivity index is 1.95. The standard InChI is InChI=1S/C21H21ClN2O4/c1-3-27-21(25)19-17(22)15-9-6-8-13-11-23-28-20(13)18(15)24(19)12-14-7-4-5-10-16(14)26-2/h4-5,7,10-11H,3,6,8-9,12H2,1-2H3. The van der Waals surface area contributed by atoms with Crippen LogP contribution in [0.15, 0.2) is 35.0 Å². The Morgan fingerprint density at radius 1 is 1.32 bits per heavy atom. The smallest absolute Gasteiger partial charge is 0.356 e. The molecule has 0 atom stereocenters. The molecule has 7 heteroatoms. The number of benzene rings is 1. The van der Waals surface area contributed by atoms with Crippen LogP contribution < -0.4 is 4.74 Å². The van der Waals surface area contributed by atoms with Gasteiger partial charge in [-0.25, -0.2) is 4.79 Å². The van der Waals surface area contributed by atoms with E-state index in [1.165, 1.54) is 0 Å². The second-order valence-corrected chi connectivity index (χ2v) is 7.02. The number of nitrogens with zero attached hydrogens (tertiary/aromatic N) is 2. The highest BCUT2D eigenvalue weighted by Gasteiger charge is 2.32. The topological polar surface area (TPSA) is 66.5 Å². The maximum atomic E-state index is 12.8. The van der Waals surface area contributed by atoms with Crippen molar-refractivity contribution in [2.75, 3.05) is 13.7 Å². The maximum absolute atomic E-state index is 12.8. The van der Waals surface area contributed by atoms with Gasteiger partial charge in [-0.1, -0.05) is 35.0 Å². The Morgan fingerprint density at radius 2 is 2.14 bits per heavy atom. The van der Waals surface area contributed by atoms with E-state index in [0.717, 1.165) is 47.4 Å². The molecular weight excluding hydrogens is 380 g/mol. The van der Waals surface area contributed by atoms with E-state index in [9.17, 15) is 4.79 Å². The molecule has 28 heavy (non-hydrogen) atoms. The molecule has 2 heterocycles. The van der Waals surface area contributed by atoms with Gasteiger partial charge < -0.3 is 18.6 Å². The van der Waals surface area contributed by atoms with E-state index in [-0.39, 0.29) is 6.61 Å². The summed E-state index contributed by atoms with van der Waals surface area (Å²) < 4.78 is 18.3. The van der Waals surface area contributed by atoms with Crippen LogP contribution in [-0.2, 0) is 24.1 Å². The Bertz CT molecular complexity index is 1020. The molecule has 3 aromatic rings. The summed E-state index contributed by atoms with van der Waals surface area (Å²) in [7, 11) is 1.63. The van der Waals surface area contributed by atoms with Gasteiger partial charge in [0.15, 0.2) is 5.76 Å². The van der Waals surface area contributed by atoms with E-state index < -0.39 is 5.97 Å². The predicted octanol–water partition coefficient (Wildman–Crippen LogP) is 4.52. The quantitative estimate of drug-likeness (QED) is 0.589. The molecule has 0 saturated heterocycles. The average Bonchev–Trinajstić information content (AvgIpc) is 3.20. The van der Waals surface area contributed by atoms with Crippen LogP contribution in [0, 0.1) is 0 Å². The van der Waals surface area contributed by atoms with E-state index in [0.29, 0.717) is 23.0 Å². The molecule has 1 aromatic carbocycles. The van der Waals surface area contributed by atoms with Crippen molar-refractivity contribution in [1.82, 2.24) is 9.72 Å². The third-order valence-electron chi connectivity index (χ3n) is 5.02. The van der Waals surface area contributed by atoms with Gasteiger partial charge >= 0.3 is 5.97 Å². The number of esters is 1. The summed E-state index contributed by atoms with van der Waals surface area (Å²) in [5.41, 5.74) is 3.97. The molecular formula is C21H21ClN2O4. The minimum absolute atomic E-state index is 0.271. The Labute approximate surface area is 168 Å². The van der Waals surface area contributed by atoms with Gasteiger partial charge in [-0.05, 0) is 32.3 Å². The largest absolute Gasteiger partial charge is 0.496 e. The molecule has 0 amide bonds. The van der Waals surface area contributed by atoms with Crippen molar-refractivity contribution < 1.29 is 18.8 Å². The first-order valence-corrected chi connectivity index (χ1v) is 9.67. The van der Waals surface area contributed by atoms with Crippen LogP contribution in [0.5, 0.6) is 5.75 Å². The first-order chi connectivity index (χ1) is 13.7. The summed E-state index contributed by atoms with van der Waals surface area (Å²) in [6, 6.07) is 7.70. The second-order valence-electron chi connectivity index (χ2n) is 6.64. The highest BCUT2D eigenvalue weighted by atomic mass is 35.5. The third-order valence-corrected chi connectivity index (χ3v) is 5.43. The normalized spacial score (nSPS) is 12.8. The Hall–Kier alpha value is -2.73. The number of carbonyl (C=O) groups is 1. The number of para-hydroxylation sites is 1. The summed E-state index contributed by atoms with van der Waals surface area (Å²) >= 11 is 6.71. The Morgan fingerprint density at radius 3 is 2.93 bits per heavy atom. The summed E-state index contributed by atoms with van der Waals surface area (Å²) in [4.78, 5) is 12.8. The lowest BCUT2D eigenvalue weighted by molar-refractivity contribution is 0.0514. The lowest BCUT2D eigenvalue weighted by Crippen LogP contribution is -2.15. The van der Waals surface area contributed by atoms with E-state index in [1.807, 2.05) is 28.8 Å². The molecule has 0 N–H and O–H groups in total. The van der Waals surface area contributed by atoms with Crippen molar-refractivity contribution in [3.8, 4) is 17.2 Å². The minimum Gasteiger partial charge on any atom is -0.496 e. The van der Waals surface area contributed by atoms with Crippen molar-refractivity contribution in [3.63, 3.8) is 0 Å². The number of methoxy groups -OCH3 is 1. The molecule has 2 aromatic heterocycles. The molecule has 146 valence electrons. The van der Waals surface area contributed by atoms with E-state index >= 15 is 0 Å². The molecule has 0 unspecified atom stereocenters. The molecule has 0 bridgehead atoms. The number of aromatic nitrogens is 2. The zero-order valence-corrected chi connectivity index (χ0v) is 16.6. The van der Waals surface area contributed by atoms with E-state index in [4.69, 9.17) is 25.6 Å². The van der Waals surface area contributed by atoms with Gasteiger partial charge in [0, 0.05) is 16.7 Å². The molecule has 0 spiro atoms. The lowest BCUT2D eigenvalue weighted by Gasteiger charge is -2.15. The van der Waals surface area contributed by atoms with Gasteiger partial charge in [0.25, 0.3) is 0 Å². The fraction of sp³-hybridized carbons (Fsp3) is 0.333. The number of hydrogen-bond donors (Lipinski definition) is 0. The molecule has 1 aliphatic rings. The lowest BCUT2D eigenvalue weighted by atomic mass is 10.1. The molecule has 0 radical (unpaired) electrons. The number of ether oxygens (including phenoxy) is 2. The van der Waals surface area contributed by atoms with Crippen molar-refractivity contribution in [1.29, 1.82) is 0 Å². The maximum Gasteiger partial charge on any atom is 0.356 e. The summed E-state index contributed by atoms with van der Waals surface area (Å²) in [5.74, 6) is 0.957. The van der Waals surface area contributed by atoms with Crippen molar-refractivity contribution in [2.24, 2.45) is 0 Å². The minimum atomic E-state index is -0.448. The monoisotopic (exact) mass is 400 g/mol. The molecule has 1 aliphatic carbocycles. The Kier molecular flexibility index (Phi) is 5.13. The molecule has 4 rings (SSSR count). The zero-order valence-electron chi connectivity index (χ0n) is 15.8. The van der Waals surface area contributed by atoms with Crippen molar-refractivity contribution >= 4 is 17.6 Å². The number of carbonyl (C=O) groups excluding carboxylic acids is 1. The van der Waals surface area contributed by atoms with Crippen LogP contribution in [0.2, 0.25) is 5.02 Å². The fourth-order valence-electron chi connectivity index (χ4n) is 3.78. The summed E-state index contributed by atoms with van der Waals surface area (Å²) in [5, 5.41) is 4.40. The SMILES string of the molecule is CCOC(=O)c1c(Cl)c2c(n1Cc1ccccc1OC)-c1oncc1CCC2. The van der Waals surface area contributed by atoms with Gasteiger partial charge in [-0.2, -0.15) is 0 Å². The molecule has 0 aliphatic heterocycles. The van der Waals surface area contributed by atoms with E-state index in [2.05, 4.69) is 5.16 Å². The van der Waals surface area contributed by atoms with Gasteiger partial charge in [-0.15, -0.1) is 0 Å². The van der Waals surface area contributed by atoms with Crippen molar-refractivity contribution in [2.45, 2.75) is 32.7 Å². The first kappa shape index (κ1) is 18.6. The van der Waals surface area contributed by atoms with Crippen LogP contribution in [0.25, 0.3) is 11.5 Å². The van der Waals surface area contributed by atoms with Crippen molar-refractivity contribution in [3.05, 3.63) is 57.9 Å². The van der Waals surface area contributed by atoms with Gasteiger partial charge in [0.2, 0.25) is 0 Å². The highest BCUT2D eigenvalue weighted by Crippen LogP contribution is 2.41. The van der Waals surface area contributed by atoms with Crippen LogP contribution in [-0.4, -0.2) is 29.4 Å². The second kappa shape index (κ2) is 7.72. The van der Waals surface area contributed by atoms with Crippen LogP contribution >= 0.6 is 11.6 Å². The van der Waals surface area contributed by atoms with Gasteiger partial charge in [-0.3, -0.25) is 0 Å². The third kappa shape index (κ3) is 3.07. The van der Waals surface area contributed by atoms with Crippen LogP contribution in [0.1, 0.15) is 40.5 Å².